The van der Waals surface area contributed by atoms with E-state index in [2.05, 4.69) is 17.6 Å². The van der Waals surface area contributed by atoms with Gasteiger partial charge in [0.25, 0.3) is 11.8 Å². The van der Waals surface area contributed by atoms with Gasteiger partial charge in [0.15, 0.2) is 6.10 Å². The fourth-order valence-electron chi connectivity index (χ4n) is 2.46. The fraction of sp³-hybridized carbons (Fsp3) is 0.304. The monoisotopic (exact) mass is 423 g/mol. The first-order chi connectivity index (χ1) is 14.9. The number of amides is 2. The fourth-order valence-corrected chi connectivity index (χ4v) is 2.46. The van der Waals surface area contributed by atoms with E-state index in [-0.39, 0.29) is 6.54 Å². The van der Waals surface area contributed by atoms with Crippen molar-refractivity contribution in [1.82, 2.24) is 5.32 Å². The molecule has 0 aliphatic carbocycles. The Labute approximate surface area is 181 Å². The number of rotatable bonds is 10. The molecule has 0 aliphatic heterocycles. The normalized spacial score (nSPS) is 11.0. The molecule has 0 unspecified atom stereocenters. The van der Waals surface area contributed by atoms with Crippen LogP contribution in [0, 0.1) is 11.3 Å². The topological polar surface area (TPSA) is 118 Å². The van der Waals surface area contributed by atoms with E-state index in [9.17, 15) is 14.4 Å². The summed E-state index contributed by atoms with van der Waals surface area (Å²) >= 11 is 0. The molecule has 0 spiro atoms. The van der Waals surface area contributed by atoms with Crippen molar-refractivity contribution in [1.29, 1.82) is 5.26 Å². The highest BCUT2D eigenvalue weighted by Gasteiger charge is 2.18. The average Bonchev–Trinajstić information content (AvgIpc) is 2.78. The molecule has 0 aromatic heterocycles. The van der Waals surface area contributed by atoms with Crippen LogP contribution in [0.4, 0.5) is 5.69 Å². The molecule has 0 bridgehead atoms. The summed E-state index contributed by atoms with van der Waals surface area (Å²) in [5.41, 5.74) is 1.32. The van der Waals surface area contributed by atoms with Gasteiger partial charge in [0, 0.05) is 11.3 Å². The van der Waals surface area contributed by atoms with Crippen LogP contribution in [-0.2, 0) is 14.3 Å². The van der Waals surface area contributed by atoms with E-state index in [0.29, 0.717) is 29.2 Å². The van der Waals surface area contributed by atoms with Crippen LogP contribution in [0.25, 0.3) is 0 Å². The molecule has 162 valence electrons. The van der Waals surface area contributed by atoms with Crippen LogP contribution >= 0.6 is 0 Å². The molecule has 31 heavy (non-hydrogen) atoms. The van der Waals surface area contributed by atoms with Crippen LogP contribution in [0.5, 0.6) is 5.75 Å². The third-order valence-electron chi connectivity index (χ3n) is 4.24. The van der Waals surface area contributed by atoms with E-state index >= 15 is 0 Å². The zero-order chi connectivity index (χ0) is 22.6. The zero-order valence-corrected chi connectivity index (χ0v) is 17.5. The quantitative estimate of drug-likeness (QED) is 0.448. The lowest BCUT2D eigenvalue weighted by atomic mass is 10.2. The standard InChI is InChI=1S/C23H25N3O5/c1-3-4-13-30-20-11-7-18(8-12-20)23(29)25-15-21(27)31-16(2)22(28)26-19-9-5-17(14-24)6-10-19/h5-12,16H,3-4,13,15H2,1-2H3,(H,25,29)(H,26,28)/t16-/m1/s1. The van der Waals surface area contributed by atoms with Gasteiger partial charge in [-0.3, -0.25) is 14.4 Å². The van der Waals surface area contributed by atoms with Crippen molar-refractivity contribution in [3.8, 4) is 11.8 Å². The third-order valence-corrected chi connectivity index (χ3v) is 4.24. The van der Waals surface area contributed by atoms with E-state index in [1.807, 2.05) is 6.07 Å². The Balaban J connectivity index is 1.76. The number of benzene rings is 2. The third kappa shape index (κ3) is 7.82. The van der Waals surface area contributed by atoms with Crippen molar-refractivity contribution in [3.63, 3.8) is 0 Å². The highest BCUT2D eigenvalue weighted by molar-refractivity contribution is 5.97. The molecule has 0 saturated heterocycles. The minimum Gasteiger partial charge on any atom is -0.494 e. The van der Waals surface area contributed by atoms with Crippen LogP contribution in [0.15, 0.2) is 48.5 Å². The lowest BCUT2D eigenvalue weighted by Crippen LogP contribution is -2.35. The van der Waals surface area contributed by atoms with Crippen molar-refractivity contribution < 1.29 is 23.9 Å². The summed E-state index contributed by atoms with van der Waals surface area (Å²) in [5, 5.41) is 13.8. The van der Waals surface area contributed by atoms with Gasteiger partial charge in [0.1, 0.15) is 12.3 Å². The van der Waals surface area contributed by atoms with E-state index in [0.717, 1.165) is 12.8 Å². The number of unbranched alkanes of at least 4 members (excludes halogenated alkanes) is 1. The summed E-state index contributed by atoms with van der Waals surface area (Å²) in [4.78, 5) is 36.3. The van der Waals surface area contributed by atoms with Crippen LogP contribution < -0.4 is 15.4 Å². The number of carbonyl (C=O) groups is 3. The number of carbonyl (C=O) groups excluding carboxylic acids is 3. The van der Waals surface area contributed by atoms with Gasteiger partial charge in [-0.25, -0.2) is 0 Å². The van der Waals surface area contributed by atoms with Crippen molar-refractivity contribution >= 4 is 23.5 Å². The molecule has 0 radical (unpaired) electrons. The predicted molar refractivity (Wildman–Crippen MR) is 115 cm³/mol. The van der Waals surface area contributed by atoms with Gasteiger partial charge in [-0.05, 0) is 61.9 Å². The molecule has 0 fully saturated rings. The lowest BCUT2D eigenvalue weighted by molar-refractivity contribution is -0.152. The molecule has 2 aromatic carbocycles. The van der Waals surface area contributed by atoms with Crippen molar-refractivity contribution in [2.75, 3.05) is 18.5 Å². The first kappa shape index (κ1) is 23.4. The van der Waals surface area contributed by atoms with Crippen LogP contribution in [0.1, 0.15) is 42.6 Å². The van der Waals surface area contributed by atoms with Gasteiger partial charge in [0.05, 0.1) is 18.2 Å². The van der Waals surface area contributed by atoms with Gasteiger partial charge >= 0.3 is 5.97 Å². The smallest absolute Gasteiger partial charge is 0.326 e. The summed E-state index contributed by atoms with van der Waals surface area (Å²) in [6, 6.07) is 14.9. The Hall–Kier alpha value is -3.86. The van der Waals surface area contributed by atoms with Gasteiger partial charge in [0.2, 0.25) is 0 Å². The zero-order valence-electron chi connectivity index (χ0n) is 17.5. The van der Waals surface area contributed by atoms with Gasteiger partial charge in [-0.1, -0.05) is 13.3 Å². The molecule has 0 aliphatic rings. The Morgan fingerprint density at radius 3 is 2.35 bits per heavy atom. The molecule has 2 amide bonds. The second-order valence-electron chi connectivity index (χ2n) is 6.72. The summed E-state index contributed by atoms with van der Waals surface area (Å²) < 4.78 is 10.6. The molecule has 2 N–H and O–H groups in total. The van der Waals surface area contributed by atoms with Gasteiger partial charge in [-0.2, -0.15) is 5.26 Å². The number of hydrogen-bond donors (Lipinski definition) is 2. The first-order valence-electron chi connectivity index (χ1n) is 9.94. The van der Waals surface area contributed by atoms with Crippen molar-refractivity contribution in [2.24, 2.45) is 0 Å². The van der Waals surface area contributed by atoms with E-state index in [4.69, 9.17) is 14.7 Å². The Kier molecular flexibility index (Phi) is 9.05. The first-order valence-corrected chi connectivity index (χ1v) is 9.94. The van der Waals surface area contributed by atoms with Gasteiger partial charge < -0.3 is 20.1 Å². The minimum atomic E-state index is -1.06. The molecule has 8 nitrogen and oxygen atoms in total. The maximum atomic E-state index is 12.2. The van der Waals surface area contributed by atoms with Crippen LogP contribution in [0.3, 0.4) is 0 Å². The highest BCUT2D eigenvalue weighted by atomic mass is 16.5. The van der Waals surface area contributed by atoms with Crippen LogP contribution in [0.2, 0.25) is 0 Å². The van der Waals surface area contributed by atoms with Crippen molar-refractivity contribution in [2.45, 2.75) is 32.8 Å². The maximum absolute atomic E-state index is 12.2. The molecule has 1 atom stereocenters. The SMILES string of the molecule is CCCCOc1ccc(C(=O)NCC(=O)O[C@H](C)C(=O)Nc2ccc(C#N)cc2)cc1. The van der Waals surface area contributed by atoms with Gasteiger partial charge in [-0.15, -0.1) is 0 Å². The number of nitrogens with zero attached hydrogens (tertiary/aromatic N) is 1. The molecular weight excluding hydrogens is 398 g/mol. The summed E-state index contributed by atoms with van der Waals surface area (Å²) in [7, 11) is 0. The van der Waals surface area contributed by atoms with Crippen molar-refractivity contribution in [3.05, 3.63) is 59.7 Å². The average molecular weight is 423 g/mol. The number of esters is 1. The Morgan fingerprint density at radius 2 is 1.74 bits per heavy atom. The van der Waals surface area contributed by atoms with E-state index in [1.54, 1.807) is 48.5 Å². The lowest BCUT2D eigenvalue weighted by Gasteiger charge is -2.14. The second-order valence-corrected chi connectivity index (χ2v) is 6.72. The molecule has 2 aromatic rings. The summed E-state index contributed by atoms with van der Waals surface area (Å²) in [5.74, 6) is -1.03. The molecule has 0 heterocycles. The number of hydrogen-bond acceptors (Lipinski definition) is 6. The maximum Gasteiger partial charge on any atom is 0.326 e. The number of ether oxygens (including phenoxy) is 2. The predicted octanol–water partition coefficient (Wildman–Crippen LogP) is 3.04. The Morgan fingerprint density at radius 1 is 1.06 bits per heavy atom. The van der Waals surface area contributed by atoms with Crippen LogP contribution in [-0.4, -0.2) is 37.0 Å². The Bertz CT molecular complexity index is 933. The molecule has 0 saturated carbocycles. The summed E-state index contributed by atoms with van der Waals surface area (Å²) in [6.45, 7) is 3.74. The minimum absolute atomic E-state index is 0.373. The van der Waals surface area contributed by atoms with E-state index < -0.39 is 23.9 Å². The number of anilines is 1. The summed E-state index contributed by atoms with van der Waals surface area (Å²) in [6.07, 6.45) is 0.931. The molecular formula is C23H25N3O5. The number of nitrogens with one attached hydrogen (secondary N) is 2. The number of nitriles is 1. The highest BCUT2D eigenvalue weighted by Crippen LogP contribution is 2.13. The largest absolute Gasteiger partial charge is 0.494 e. The molecule has 8 heteroatoms. The van der Waals surface area contributed by atoms with E-state index in [1.165, 1.54) is 6.92 Å². The second kappa shape index (κ2) is 12.0. The molecule has 2 rings (SSSR count).